The zero-order valence-corrected chi connectivity index (χ0v) is 22.0. The molecule has 0 radical (unpaired) electrons. The van der Waals surface area contributed by atoms with Crippen LogP contribution >= 0.6 is 35.0 Å². The first kappa shape index (κ1) is 26.9. The second-order valence-electron chi connectivity index (χ2n) is 7.88. The molecule has 0 aliphatic heterocycles. The molecule has 0 aromatic heterocycles. The van der Waals surface area contributed by atoms with Crippen LogP contribution in [0.25, 0.3) is 0 Å². The molecular weight excluding hydrogens is 503 g/mol. The number of carbonyl (C=O) groups is 2. The monoisotopic (exact) mass is 530 g/mol. The van der Waals surface area contributed by atoms with Crippen molar-refractivity contribution in [2.75, 3.05) is 19.9 Å². The number of ether oxygens (including phenoxy) is 1. The second-order valence-corrected chi connectivity index (χ2v) is 9.68. The third-order valence-corrected chi connectivity index (χ3v) is 7.26. The number of nitrogens with zero attached hydrogens (tertiary/aromatic N) is 1. The molecule has 0 bridgehead atoms. The normalized spacial score (nSPS) is 11.5. The summed E-state index contributed by atoms with van der Waals surface area (Å²) in [5.41, 5.74) is 2.65. The molecule has 0 heterocycles. The van der Waals surface area contributed by atoms with E-state index in [1.807, 2.05) is 54.6 Å². The molecule has 3 aromatic rings. The summed E-state index contributed by atoms with van der Waals surface area (Å²) in [6, 6.07) is 21.9. The zero-order valence-electron chi connectivity index (χ0n) is 19.7. The average molecular weight is 532 g/mol. The highest BCUT2D eigenvalue weighted by atomic mass is 35.5. The number of rotatable bonds is 11. The Labute approximate surface area is 220 Å². The topological polar surface area (TPSA) is 58.6 Å². The molecule has 0 aliphatic rings. The van der Waals surface area contributed by atoms with Gasteiger partial charge in [0.25, 0.3) is 0 Å². The molecule has 0 saturated heterocycles. The van der Waals surface area contributed by atoms with Gasteiger partial charge in [-0.3, -0.25) is 9.59 Å². The SMILES string of the molecule is CNC(=O)C(Cc1ccccc1)N(Cc1c(Cl)cccc1Cl)C(=O)CSCc1ccc(OC)cc1. The molecule has 0 fully saturated rings. The van der Waals surface area contributed by atoms with Gasteiger partial charge in [-0.2, -0.15) is 0 Å². The summed E-state index contributed by atoms with van der Waals surface area (Å²) >= 11 is 14.3. The van der Waals surface area contributed by atoms with E-state index in [4.69, 9.17) is 27.9 Å². The van der Waals surface area contributed by atoms with E-state index >= 15 is 0 Å². The van der Waals surface area contributed by atoms with Gasteiger partial charge in [0.05, 0.1) is 12.9 Å². The summed E-state index contributed by atoms with van der Waals surface area (Å²) in [6.45, 7) is 0.130. The Morgan fingerprint density at radius 3 is 2.20 bits per heavy atom. The molecule has 0 spiro atoms. The van der Waals surface area contributed by atoms with Crippen LogP contribution in [0.4, 0.5) is 0 Å². The van der Waals surface area contributed by atoms with Crippen molar-refractivity contribution < 1.29 is 14.3 Å². The summed E-state index contributed by atoms with van der Waals surface area (Å²) in [7, 11) is 3.20. The molecule has 1 unspecified atom stereocenters. The highest BCUT2D eigenvalue weighted by Gasteiger charge is 2.30. The number of benzene rings is 3. The number of thioether (sulfide) groups is 1. The van der Waals surface area contributed by atoms with Crippen molar-refractivity contribution >= 4 is 46.8 Å². The summed E-state index contributed by atoms with van der Waals surface area (Å²) in [5.74, 6) is 1.23. The lowest BCUT2D eigenvalue weighted by atomic mass is 10.0. The van der Waals surface area contributed by atoms with Crippen molar-refractivity contribution in [2.45, 2.75) is 24.8 Å². The van der Waals surface area contributed by atoms with E-state index in [9.17, 15) is 9.59 Å². The van der Waals surface area contributed by atoms with Crippen molar-refractivity contribution in [1.29, 1.82) is 0 Å². The molecule has 3 aromatic carbocycles. The molecule has 0 saturated carbocycles. The van der Waals surface area contributed by atoms with E-state index in [-0.39, 0.29) is 24.1 Å². The van der Waals surface area contributed by atoms with Gasteiger partial charge in [-0.15, -0.1) is 11.8 Å². The summed E-state index contributed by atoms with van der Waals surface area (Å²) in [5, 5.41) is 3.62. The van der Waals surface area contributed by atoms with E-state index in [1.54, 1.807) is 37.3 Å². The van der Waals surface area contributed by atoms with Crippen LogP contribution < -0.4 is 10.1 Å². The Kier molecular flexibility index (Phi) is 10.3. The molecule has 5 nitrogen and oxygen atoms in total. The maximum Gasteiger partial charge on any atom is 0.242 e. The maximum absolute atomic E-state index is 13.5. The quantitative estimate of drug-likeness (QED) is 0.349. The maximum atomic E-state index is 13.5. The van der Waals surface area contributed by atoms with E-state index < -0.39 is 6.04 Å². The van der Waals surface area contributed by atoms with E-state index in [0.29, 0.717) is 27.8 Å². The van der Waals surface area contributed by atoms with Gasteiger partial charge in [-0.1, -0.05) is 71.7 Å². The number of carbonyl (C=O) groups excluding carboxylic acids is 2. The first-order valence-electron chi connectivity index (χ1n) is 11.1. The Morgan fingerprint density at radius 2 is 1.60 bits per heavy atom. The van der Waals surface area contributed by atoms with Crippen LogP contribution in [0.3, 0.4) is 0 Å². The lowest BCUT2D eigenvalue weighted by Gasteiger charge is -2.31. The summed E-state index contributed by atoms with van der Waals surface area (Å²) < 4.78 is 5.20. The minimum Gasteiger partial charge on any atom is -0.497 e. The third-order valence-electron chi connectivity index (χ3n) is 5.56. The first-order chi connectivity index (χ1) is 16.9. The molecule has 184 valence electrons. The number of halogens is 2. The Hall–Kier alpha value is -2.67. The largest absolute Gasteiger partial charge is 0.497 e. The number of amides is 2. The predicted octanol–water partition coefficient (Wildman–Crippen LogP) is 5.62. The van der Waals surface area contributed by atoms with E-state index in [0.717, 1.165) is 16.9 Å². The lowest BCUT2D eigenvalue weighted by molar-refractivity contribution is -0.139. The Balaban J connectivity index is 1.83. The van der Waals surface area contributed by atoms with Gasteiger partial charge in [0.1, 0.15) is 11.8 Å². The molecule has 35 heavy (non-hydrogen) atoms. The van der Waals surface area contributed by atoms with Gasteiger partial charge in [0.2, 0.25) is 11.8 Å². The van der Waals surface area contributed by atoms with Gasteiger partial charge >= 0.3 is 0 Å². The number of methoxy groups -OCH3 is 1. The number of hydrogen-bond acceptors (Lipinski definition) is 4. The number of hydrogen-bond donors (Lipinski definition) is 1. The molecule has 0 aliphatic carbocycles. The third kappa shape index (κ3) is 7.66. The fourth-order valence-corrected chi connectivity index (χ4v) is 5.02. The minimum atomic E-state index is -0.719. The Bertz CT molecular complexity index is 1110. The molecule has 3 rings (SSSR count). The van der Waals surface area contributed by atoms with Gasteiger partial charge in [0.15, 0.2) is 0 Å². The molecular formula is C27H28Cl2N2O3S. The minimum absolute atomic E-state index is 0.130. The van der Waals surface area contributed by atoms with Gasteiger partial charge in [-0.05, 0) is 35.4 Å². The predicted molar refractivity (Wildman–Crippen MR) is 144 cm³/mol. The van der Waals surface area contributed by atoms with Crippen LogP contribution in [0.1, 0.15) is 16.7 Å². The standard InChI is InChI=1S/C27H28Cl2N2O3S/c1-30-27(33)25(15-19-7-4-3-5-8-19)31(16-22-23(28)9-6-10-24(22)29)26(32)18-35-17-20-11-13-21(34-2)14-12-20/h3-14,25H,15-18H2,1-2H3,(H,30,33). The fourth-order valence-electron chi connectivity index (χ4n) is 3.64. The number of nitrogens with one attached hydrogen (secondary N) is 1. The molecule has 1 N–H and O–H groups in total. The average Bonchev–Trinajstić information content (AvgIpc) is 2.88. The fraction of sp³-hybridized carbons (Fsp3) is 0.259. The van der Waals surface area contributed by atoms with Crippen molar-refractivity contribution in [3.63, 3.8) is 0 Å². The summed E-state index contributed by atoms with van der Waals surface area (Å²) in [4.78, 5) is 28.1. The first-order valence-corrected chi connectivity index (χ1v) is 13.0. The van der Waals surface area contributed by atoms with Crippen LogP contribution in [-0.2, 0) is 28.3 Å². The smallest absolute Gasteiger partial charge is 0.242 e. The van der Waals surface area contributed by atoms with Gasteiger partial charge in [-0.25, -0.2) is 0 Å². The van der Waals surface area contributed by atoms with E-state index in [2.05, 4.69) is 5.32 Å². The molecule has 8 heteroatoms. The number of likely N-dealkylation sites (N-methyl/N-ethyl adjacent to an activating group) is 1. The van der Waals surface area contributed by atoms with Crippen LogP contribution in [0.2, 0.25) is 10.0 Å². The highest BCUT2D eigenvalue weighted by molar-refractivity contribution is 7.99. The second kappa shape index (κ2) is 13.4. The van der Waals surface area contributed by atoms with E-state index in [1.165, 1.54) is 11.8 Å². The van der Waals surface area contributed by atoms with Crippen molar-refractivity contribution in [2.24, 2.45) is 0 Å². The van der Waals surface area contributed by atoms with Crippen molar-refractivity contribution in [3.8, 4) is 5.75 Å². The van der Waals surface area contributed by atoms with Crippen LogP contribution in [0, 0.1) is 0 Å². The lowest BCUT2D eigenvalue weighted by Crippen LogP contribution is -2.50. The van der Waals surface area contributed by atoms with Crippen LogP contribution in [-0.4, -0.2) is 42.7 Å². The van der Waals surface area contributed by atoms with Crippen LogP contribution in [0.5, 0.6) is 5.75 Å². The van der Waals surface area contributed by atoms with Gasteiger partial charge in [0, 0.05) is 41.4 Å². The van der Waals surface area contributed by atoms with Crippen LogP contribution in [0.15, 0.2) is 72.8 Å². The molecule has 1 atom stereocenters. The molecule has 2 amide bonds. The van der Waals surface area contributed by atoms with Crippen molar-refractivity contribution in [3.05, 3.63) is 99.5 Å². The van der Waals surface area contributed by atoms with Crippen molar-refractivity contribution in [1.82, 2.24) is 10.2 Å². The van der Waals surface area contributed by atoms with Gasteiger partial charge < -0.3 is 15.0 Å². The highest BCUT2D eigenvalue weighted by Crippen LogP contribution is 2.28. The summed E-state index contributed by atoms with van der Waals surface area (Å²) in [6.07, 6.45) is 0.372. The zero-order chi connectivity index (χ0) is 25.2. The Morgan fingerprint density at radius 1 is 0.943 bits per heavy atom.